The molecule has 0 fully saturated rings. The van der Waals surface area contributed by atoms with Gasteiger partial charge in [-0.2, -0.15) is 0 Å². The van der Waals surface area contributed by atoms with Crippen LogP contribution in [0.3, 0.4) is 0 Å². The number of aromatic amines is 1. The summed E-state index contributed by atoms with van der Waals surface area (Å²) in [7, 11) is 0. The molecule has 88 valence electrons. The summed E-state index contributed by atoms with van der Waals surface area (Å²) in [5.74, 6) is 0.289. The van der Waals surface area contributed by atoms with Gasteiger partial charge in [0.2, 0.25) is 0 Å². The number of hydrogen-bond acceptors (Lipinski definition) is 2. The highest BCUT2D eigenvalue weighted by molar-refractivity contribution is 5.96. The van der Waals surface area contributed by atoms with Crippen LogP contribution in [0, 0.1) is 5.92 Å². The number of ketones is 2. The van der Waals surface area contributed by atoms with Crippen LogP contribution < -0.4 is 0 Å². The molecule has 0 aromatic carbocycles. The van der Waals surface area contributed by atoms with Gasteiger partial charge in [-0.15, -0.1) is 0 Å². The fraction of sp³-hybridized carbons (Fsp3) is 0.286. The summed E-state index contributed by atoms with van der Waals surface area (Å²) in [5.41, 5.74) is 1.45. The average molecular weight is 229 g/mol. The molecule has 1 aromatic rings. The second-order valence-corrected chi connectivity index (χ2v) is 4.22. The molecular weight excluding hydrogens is 214 g/mol. The average Bonchev–Trinajstić information content (AvgIpc) is 2.96. The summed E-state index contributed by atoms with van der Waals surface area (Å²) in [5, 5.41) is 0. The zero-order valence-corrected chi connectivity index (χ0v) is 9.77. The minimum Gasteiger partial charge on any atom is -0.359 e. The molecule has 3 nitrogen and oxygen atoms in total. The normalized spacial score (nSPS) is 18.2. The zero-order chi connectivity index (χ0) is 12.3. The third-order valence-corrected chi connectivity index (χ3v) is 3.01. The van der Waals surface area contributed by atoms with Gasteiger partial charge in [0.1, 0.15) is 0 Å². The van der Waals surface area contributed by atoms with Gasteiger partial charge < -0.3 is 4.98 Å². The summed E-state index contributed by atoms with van der Waals surface area (Å²) in [4.78, 5) is 26.0. The van der Waals surface area contributed by atoms with Gasteiger partial charge >= 0.3 is 0 Å². The monoisotopic (exact) mass is 229 g/mol. The van der Waals surface area contributed by atoms with Gasteiger partial charge in [0, 0.05) is 24.1 Å². The van der Waals surface area contributed by atoms with Crippen LogP contribution in [0.1, 0.15) is 30.3 Å². The molecule has 2 rings (SSSR count). The van der Waals surface area contributed by atoms with Gasteiger partial charge in [0.25, 0.3) is 0 Å². The van der Waals surface area contributed by atoms with E-state index in [0.29, 0.717) is 18.5 Å². The number of Topliss-reactive ketones (excluding diaryl/α,β-unsaturated/α-hetero) is 2. The fourth-order valence-electron chi connectivity index (χ4n) is 2.08. The van der Waals surface area contributed by atoms with Crippen molar-refractivity contribution in [1.82, 2.24) is 4.98 Å². The van der Waals surface area contributed by atoms with Crippen LogP contribution in [-0.2, 0) is 4.79 Å². The maximum absolute atomic E-state index is 11.8. The summed E-state index contributed by atoms with van der Waals surface area (Å²) in [6.07, 6.45) is 8.61. The predicted molar refractivity (Wildman–Crippen MR) is 65.8 cm³/mol. The molecule has 3 heteroatoms. The van der Waals surface area contributed by atoms with Crippen molar-refractivity contribution in [3.05, 3.63) is 47.8 Å². The second-order valence-electron chi connectivity index (χ2n) is 4.22. The molecule has 17 heavy (non-hydrogen) atoms. The number of aromatic nitrogens is 1. The smallest absolute Gasteiger partial charge is 0.179 e. The lowest BCUT2D eigenvalue weighted by Crippen LogP contribution is -2.09. The minimum absolute atomic E-state index is 0.0901. The summed E-state index contributed by atoms with van der Waals surface area (Å²) in [6.45, 7) is 1.57. The van der Waals surface area contributed by atoms with Crippen LogP contribution in [0.25, 0.3) is 0 Å². The zero-order valence-electron chi connectivity index (χ0n) is 9.77. The Labute approximate surface area is 100 Å². The SMILES string of the molecule is CC(=O)C1=CC=CC1CCC(=O)c1ccc[nH]1. The van der Waals surface area contributed by atoms with E-state index in [1.54, 1.807) is 19.2 Å². The van der Waals surface area contributed by atoms with E-state index < -0.39 is 0 Å². The van der Waals surface area contributed by atoms with E-state index in [4.69, 9.17) is 0 Å². The highest BCUT2D eigenvalue weighted by Crippen LogP contribution is 2.25. The number of carbonyl (C=O) groups is 2. The van der Waals surface area contributed by atoms with Crippen molar-refractivity contribution in [2.24, 2.45) is 5.92 Å². The molecule has 0 bridgehead atoms. The van der Waals surface area contributed by atoms with Gasteiger partial charge in [-0.3, -0.25) is 9.59 Å². The van der Waals surface area contributed by atoms with Crippen LogP contribution >= 0.6 is 0 Å². The Hall–Kier alpha value is -1.90. The van der Waals surface area contributed by atoms with Gasteiger partial charge in [-0.05, 0) is 25.5 Å². The molecule has 0 spiro atoms. The quantitative estimate of drug-likeness (QED) is 0.789. The standard InChI is InChI=1S/C14H15NO2/c1-10(16)12-5-2-4-11(12)7-8-14(17)13-6-3-9-15-13/h2-6,9,11,15H,7-8H2,1H3. The summed E-state index contributed by atoms with van der Waals surface area (Å²) < 4.78 is 0. The van der Waals surface area contributed by atoms with Crippen molar-refractivity contribution in [3.63, 3.8) is 0 Å². The van der Waals surface area contributed by atoms with Crippen LogP contribution in [0.5, 0.6) is 0 Å². The second kappa shape index (κ2) is 4.95. The molecule has 0 saturated heterocycles. The Balaban J connectivity index is 1.91. The van der Waals surface area contributed by atoms with E-state index in [1.165, 1.54) is 0 Å². The van der Waals surface area contributed by atoms with Crippen molar-refractivity contribution in [2.45, 2.75) is 19.8 Å². The van der Waals surface area contributed by atoms with Crippen molar-refractivity contribution in [1.29, 1.82) is 0 Å². The molecule has 0 radical (unpaired) electrons. The third kappa shape index (κ3) is 2.61. The first-order valence-electron chi connectivity index (χ1n) is 5.74. The van der Waals surface area contributed by atoms with Crippen molar-refractivity contribution in [2.75, 3.05) is 0 Å². The number of carbonyl (C=O) groups excluding carboxylic acids is 2. The molecule has 1 heterocycles. The summed E-state index contributed by atoms with van der Waals surface area (Å²) in [6, 6.07) is 3.58. The maximum atomic E-state index is 11.8. The molecule has 1 aromatic heterocycles. The Kier molecular flexibility index (Phi) is 3.38. The molecule has 1 unspecified atom stereocenters. The number of nitrogens with one attached hydrogen (secondary N) is 1. The van der Waals surface area contributed by atoms with Crippen LogP contribution in [-0.4, -0.2) is 16.6 Å². The first kappa shape index (κ1) is 11.6. The Morgan fingerprint density at radius 2 is 2.24 bits per heavy atom. The molecule has 0 aliphatic heterocycles. The van der Waals surface area contributed by atoms with E-state index in [0.717, 1.165) is 5.57 Å². The molecule has 1 aliphatic rings. The fourth-order valence-corrected chi connectivity index (χ4v) is 2.08. The number of H-pyrrole nitrogens is 1. The number of hydrogen-bond donors (Lipinski definition) is 1. The molecule has 1 aliphatic carbocycles. The van der Waals surface area contributed by atoms with Crippen LogP contribution in [0.15, 0.2) is 42.1 Å². The predicted octanol–water partition coefficient (Wildman–Crippen LogP) is 2.68. The Bertz CT molecular complexity index is 480. The van der Waals surface area contributed by atoms with E-state index >= 15 is 0 Å². The Morgan fingerprint density at radius 1 is 1.41 bits per heavy atom. The molecule has 0 amide bonds. The summed E-state index contributed by atoms with van der Waals surface area (Å²) >= 11 is 0. The number of rotatable bonds is 5. The largest absolute Gasteiger partial charge is 0.359 e. The molecule has 0 saturated carbocycles. The van der Waals surface area contributed by atoms with Gasteiger partial charge in [-0.1, -0.05) is 18.2 Å². The first-order chi connectivity index (χ1) is 8.18. The van der Waals surface area contributed by atoms with E-state index in [-0.39, 0.29) is 17.5 Å². The van der Waals surface area contributed by atoms with Crippen molar-refractivity contribution >= 4 is 11.6 Å². The molecular formula is C14H15NO2. The van der Waals surface area contributed by atoms with Crippen molar-refractivity contribution < 1.29 is 9.59 Å². The van der Waals surface area contributed by atoms with E-state index in [2.05, 4.69) is 4.98 Å². The molecule has 1 N–H and O–H groups in total. The maximum Gasteiger partial charge on any atom is 0.179 e. The van der Waals surface area contributed by atoms with Gasteiger partial charge in [0.15, 0.2) is 11.6 Å². The van der Waals surface area contributed by atoms with Crippen LogP contribution in [0.4, 0.5) is 0 Å². The van der Waals surface area contributed by atoms with E-state index in [1.807, 2.05) is 24.3 Å². The lowest BCUT2D eigenvalue weighted by molar-refractivity contribution is -0.114. The third-order valence-electron chi connectivity index (χ3n) is 3.01. The Morgan fingerprint density at radius 3 is 2.88 bits per heavy atom. The van der Waals surface area contributed by atoms with E-state index in [9.17, 15) is 9.59 Å². The molecule has 1 atom stereocenters. The minimum atomic E-state index is 0.0901. The number of allylic oxidation sites excluding steroid dienone is 4. The highest BCUT2D eigenvalue weighted by atomic mass is 16.1. The lowest BCUT2D eigenvalue weighted by Gasteiger charge is -2.10. The lowest BCUT2D eigenvalue weighted by atomic mass is 9.93. The first-order valence-corrected chi connectivity index (χ1v) is 5.74. The van der Waals surface area contributed by atoms with Gasteiger partial charge in [0.05, 0.1) is 5.69 Å². The highest BCUT2D eigenvalue weighted by Gasteiger charge is 2.19. The van der Waals surface area contributed by atoms with Gasteiger partial charge in [-0.25, -0.2) is 0 Å². The van der Waals surface area contributed by atoms with Crippen LogP contribution in [0.2, 0.25) is 0 Å². The topological polar surface area (TPSA) is 49.9 Å². The van der Waals surface area contributed by atoms with Crippen molar-refractivity contribution in [3.8, 4) is 0 Å².